The molecule has 0 bridgehead atoms. The second-order valence-electron chi connectivity index (χ2n) is 4.61. The average molecular weight is 340 g/mol. The lowest BCUT2D eigenvalue weighted by Crippen LogP contribution is -2.14. The molecule has 0 amide bonds. The normalized spacial score (nSPS) is 12.7. The van der Waals surface area contributed by atoms with Gasteiger partial charge in [0.1, 0.15) is 0 Å². The van der Waals surface area contributed by atoms with Gasteiger partial charge < -0.3 is 0 Å². The largest absolute Gasteiger partial charge is 0.417 e. The van der Waals surface area contributed by atoms with E-state index in [2.05, 4.69) is 0 Å². The standard InChI is InChI=1S/C15H8F8/c16-13(17)10-6-3-5-9(12(10)15(21,22)23)8-4-1-2-7-11(8)14(18,19)20/h1-7,13H. The minimum atomic E-state index is -5.22. The Bertz CT molecular complexity index is 697. The predicted molar refractivity (Wildman–Crippen MR) is 66.8 cm³/mol. The third-order valence-electron chi connectivity index (χ3n) is 3.14. The molecular weight excluding hydrogens is 332 g/mol. The molecule has 0 aliphatic heterocycles. The molecule has 8 heteroatoms. The molecule has 0 unspecified atom stereocenters. The first kappa shape index (κ1) is 17.2. The summed E-state index contributed by atoms with van der Waals surface area (Å²) in [5.74, 6) is 0. The highest BCUT2D eigenvalue weighted by Gasteiger charge is 2.41. The second-order valence-corrected chi connectivity index (χ2v) is 4.61. The Morgan fingerprint density at radius 3 is 1.74 bits per heavy atom. The number of hydrogen-bond donors (Lipinski definition) is 0. The van der Waals surface area contributed by atoms with Crippen molar-refractivity contribution in [3.8, 4) is 11.1 Å². The van der Waals surface area contributed by atoms with Gasteiger partial charge in [-0.25, -0.2) is 8.78 Å². The molecule has 2 aromatic carbocycles. The summed E-state index contributed by atoms with van der Waals surface area (Å²) in [4.78, 5) is 0. The summed E-state index contributed by atoms with van der Waals surface area (Å²) >= 11 is 0. The maximum absolute atomic E-state index is 13.2. The van der Waals surface area contributed by atoms with Gasteiger partial charge in [0.2, 0.25) is 0 Å². The fourth-order valence-corrected chi connectivity index (χ4v) is 2.26. The fraction of sp³-hybridized carbons (Fsp3) is 0.200. The summed E-state index contributed by atoms with van der Waals surface area (Å²) in [5.41, 5.74) is -6.16. The highest BCUT2D eigenvalue weighted by molar-refractivity contribution is 5.73. The number of rotatable bonds is 2. The van der Waals surface area contributed by atoms with E-state index in [-0.39, 0.29) is 0 Å². The van der Waals surface area contributed by atoms with Crippen molar-refractivity contribution in [2.75, 3.05) is 0 Å². The zero-order valence-corrected chi connectivity index (χ0v) is 11.1. The van der Waals surface area contributed by atoms with Crippen LogP contribution in [0.3, 0.4) is 0 Å². The zero-order valence-electron chi connectivity index (χ0n) is 11.1. The van der Waals surface area contributed by atoms with Crippen LogP contribution in [0.4, 0.5) is 35.1 Å². The zero-order chi connectivity index (χ0) is 17.4. The number of halogens is 8. The maximum atomic E-state index is 13.2. The smallest absolute Gasteiger partial charge is 0.205 e. The van der Waals surface area contributed by atoms with E-state index < -0.39 is 46.6 Å². The van der Waals surface area contributed by atoms with Crippen LogP contribution in [0.1, 0.15) is 23.1 Å². The molecule has 124 valence electrons. The summed E-state index contributed by atoms with van der Waals surface area (Å²) in [6.07, 6.45) is -13.6. The minimum Gasteiger partial charge on any atom is -0.205 e. The first-order chi connectivity index (χ1) is 10.5. The molecule has 2 rings (SSSR count). The van der Waals surface area contributed by atoms with Crippen LogP contribution in [0.25, 0.3) is 11.1 Å². The highest BCUT2D eigenvalue weighted by atomic mass is 19.4. The quantitative estimate of drug-likeness (QED) is 0.561. The lowest BCUT2D eigenvalue weighted by atomic mass is 9.92. The van der Waals surface area contributed by atoms with Gasteiger partial charge in [0, 0.05) is 5.56 Å². The van der Waals surface area contributed by atoms with Crippen LogP contribution in [0.15, 0.2) is 42.5 Å². The highest BCUT2D eigenvalue weighted by Crippen LogP contribution is 2.45. The fourth-order valence-electron chi connectivity index (χ4n) is 2.26. The van der Waals surface area contributed by atoms with E-state index in [4.69, 9.17) is 0 Å². The Morgan fingerprint density at radius 1 is 0.652 bits per heavy atom. The summed E-state index contributed by atoms with van der Waals surface area (Å²) in [7, 11) is 0. The van der Waals surface area contributed by atoms with Crippen LogP contribution >= 0.6 is 0 Å². The third kappa shape index (κ3) is 3.46. The predicted octanol–water partition coefficient (Wildman–Crippen LogP) is 6.33. The van der Waals surface area contributed by atoms with E-state index in [9.17, 15) is 35.1 Å². The van der Waals surface area contributed by atoms with E-state index in [1.807, 2.05) is 0 Å². The molecule has 0 saturated carbocycles. The molecule has 0 aliphatic carbocycles. The number of hydrogen-bond acceptors (Lipinski definition) is 0. The van der Waals surface area contributed by atoms with Crippen LogP contribution in [-0.2, 0) is 12.4 Å². The summed E-state index contributed by atoms with van der Waals surface area (Å²) in [5, 5.41) is 0. The van der Waals surface area contributed by atoms with Gasteiger partial charge in [-0.15, -0.1) is 0 Å². The van der Waals surface area contributed by atoms with Crippen LogP contribution < -0.4 is 0 Å². The van der Waals surface area contributed by atoms with Gasteiger partial charge in [0.25, 0.3) is 6.43 Å². The van der Waals surface area contributed by atoms with Crippen molar-refractivity contribution >= 4 is 0 Å². The molecule has 23 heavy (non-hydrogen) atoms. The molecule has 0 aromatic heterocycles. The van der Waals surface area contributed by atoms with Gasteiger partial charge in [-0.3, -0.25) is 0 Å². The summed E-state index contributed by atoms with van der Waals surface area (Å²) in [6.45, 7) is 0. The first-order valence-corrected chi connectivity index (χ1v) is 6.18. The molecule has 0 N–H and O–H groups in total. The molecule has 0 saturated heterocycles. The molecular formula is C15H8F8. The molecule has 2 aromatic rings. The Morgan fingerprint density at radius 2 is 1.22 bits per heavy atom. The molecule has 0 heterocycles. The van der Waals surface area contributed by atoms with Gasteiger partial charge in [-0.1, -0.05) is 36.4 Å². The Balaban J connectivity index is 2.83. The topological polar surface area (TPSA) is 0 Å². The third-order valence-corrected chi connectivity index (χ3v) is 3.14. The van der Waals surface area contributed by atoms with Crippen molar-refractivity contribution in [2.45, 2.75) is 18.8 Å². The number of benzene rings is 2. The van der Waals surface area contributed by atoms with Crippen molar-refractivity contribution in [2.24, 2.45) is 0 Å². The van der Waals surface area contributed by atoms with Crippen LogP contribution in [-0.4, -0.2) is 0 Å². The molecule has 0 atom stereocenters. The number of alkyl halides is 8. The van der Waals surface area contributed by atoms with Crippen LogP contribution in [0, 0.1) is 0 Å². The lowest BCUT2D eigenvalue weighted by Gasteiger charge is -2.20. The van der Waals surface area contributed by atoms with Gasteiger partial charge in [0.05, 0.1) is 11.1 Å². The van der Waals surface area contributed by atoms with Crippen molar-refractivity contribution in [1.82, 2.24) is 0 Å². The van der Waals surface area contributed by atoms with Gasteiger partial charge in [0.15, 0.2) is 0 Å². The first-order valence-electron chi connectivity index (χ1n) is 6.18. The van der Waals surface area contributed by atoms with Gasteiger partial charge in [-0.2, -0.15) is 26.3 Å². The minimum absolute atomic E-state index is 0.549. The Hall–Kier alpha value is -2.12. The van der Waals surface area contributed by atoms with E-state index in [0.29, 0.717) is 12.1 Å². The molecule has 0 fully saturated rings. The SMILES string of the molecule is FC(F)c1cccc(-c2ccccc2C(F)(F)F)c1C(F)(F)F. The second kappa shape index (κ2) is 5.82. The molecule has 0 nitrogen and oxygen atoms in total. The Kier molecular flexibility index (Phi) is 4.37. The Labute approximate surface area is 125 Å². The lowest BCUT2D eigenvalue weighted by molar-refractivity contribution is -0.140. The van der Waals surface area contributed by atoms with Crippen LogP contribution in [0.2, 0.25) is 0 Å². The molecule has 0 aliphatic rings. The van der Waals surface area contributed by atoms with Crippen molar-refractivity contribution in [1.29, 1.82) is 0 Å². The van der Waals surface area contributed by atoms with Crippen molar-refractivity contribution in [3.05, 3.63) is 59.2 Å². The van der Waals surface area contributed by atoms with E-state index in [1.165, 1.54) is 0 Å². The monoisotopic (exact) mass is 340 g/mol. The maximum Gasteiger partial charge on any atom is 0.417 e. The van der Waals surface area contributed by atoms with E-state index in [1.54, 1.807) is 0 Å². The van der Waals surface area contributed by atoms with Gasteiger partial charge >= 0.3 is 12.4 Å². The van der Waals surface area contributed by atoms with Gasteiger partial charge in [-0.05, 0) is 17.2 Å². The summed E-state index contributed by atoms with van der Waals surface area (Å²) < 4.78 is 104. The summed E-state index contributed by atoms with van der Waals surface area (Å²) in [6, 6.07) is 5.72. The van der Waals surface area contributed by atoms with E-state index >= 15 is 0 Å². The molecule has 0 radical (unpaired) electrons. The molecule has 0 spiro atoms. The van der Waals surface area contributed by atoms with E-state index in [0.717, 1.165) is 30.3 Å². The van der Waals surface area contributed by atoms with Crippen molar-refractivity contribution < 1.29 is 35.1 Å². The van der Waals surface area contributed by atoms with Crippen molar-refractivity contribution in [3.63, 3.8) is 0 Å². The average Bonchev–Trinajstić information content (AvgIpc) is 2.44. The van der Waals surface area contributed by atoms with Crippen LogP contribution in [0.5, 0.6) is 0 Å².